The van der Waals surface area contributed by atoms with Gasteiger partial charge in [-0.3, -0.25) is 0 Å². The van der Waals surface area contributed by atoms with Crippen LogP contribution in [0.5, 0.6) is 0 Å². The van der Waals surface area contributed by atoms with Crippen LogP contribution < -0.4 is 0 Å². The van der Waals surface area contributed by atoms with E-state index in [2.05, 4.69) is 61.0 Å². The van der Waals surface area contributed by atoms with Crippen LogP contribution in [0.3, 0.4) is 0 Å². The molecule has 2 aromatic carbocycles. The maximum absolute atomic E-state index is 5.60. The highest BCUT2D eigenvalue weighted by Crippen LogP contribution is 2.33. The topological polar surface area (TPSA) is 56.7 Å². The van der Waals surface area contributed by atoms with Crippen molar-refractivity contribution in [2.75, 3.05) is 0 Å². The number of aromatic nitrogens is 4. The van der Waals surface area contributed by atoms with E-state index in [-0.39, 0.29) is 0 Å². The van der Waals surface area contributed by atoms with Gasteiger partial charge in [0.05, 0.1) is 5.69 Å². The number of fused-ring (bicyclic) bond motifs is 1. The molecule has 5 heteroatoms. The van der Waals surface area contributed by atoms with E-state index in [1.807, 2.05) is 29.8 Å². The minimum Gasteiger partial charge on any atom is -0.441 e. The second kappa shape index (κ2) is 6.65. The molecule has 0 aliphatic carbocycles. The van der Waals surface area contributed by atoms with Crippen molar-refractivity contribution in [3.05, 3.63) is 59.7 Å². The number of aryl methyl sites for hydroxylation is 1. The smallest absolute Gasteiger partial charge is 0.192 e. The largest absolute Gasteiger partial charge is 0.441 e. The van der Waals surface area contributed by atoms with Crippen molar-refractivity contribution in [2.24, 2.45) is 0 Å². The highest BCUT2D eigenvalue weighted by Gasteiger charge is 2.20. The van der Waals surface area contributed by atoms with E-state index in [9.17, 15) is 0 Å². The monoisotopic (exact) mass is 360 g/mol. The summed E-state index contributed by atoms with van der Waals surface area (Å²) >= 11 is 0. The summed E-state index contributed by atoms with van der Waals surface area (Å²) in [4.78, 5) is 9.02. The van der Waals surface area contributed by atoms with Crippen LogP contribution in [0.25, 0.3) is 28.2 Å². The van der Waals surface area contributed by atoms with Gasteiger partial charge in [-0.15, -0.1) is 0 Å². The number of nitrogens with zero attached hydrogens (tertiary/aromatic N) is 4. The molecule has 0 saturated carbocycles. The molecule has 0 aliphatic heterocycles. The van der Waals surface area contributed by atoms with Crippen LogP contribution in [-0.2, 0) is 0 Å². The predicted octanol–water partition coefficient (Wildman–Crippen LogP) is 5.63. The van der Waals surface area contributed by atoms with Crippen molar-refractivity contribution in [1.29, 1.82) is 0 Å². The molecule has 0 bridgehead atoms. The fraction of sp³-hybridized carbons (Fsp3) is 0.318. The molecule has 138 valence electrons. The van der Waals surface area contributed by atoms with E-state index in [0.29, 0.717) is 17.7 Å². The predicted molar refractivity (Wildman–Crippen MR) is 107 cm³/mol. The Labute approximate surface area is 159 Å². The molecule has 0 fully saturated rings. The highest BCUT2D eigenvalue weighted by molar-refractivity contribution is 5.79. The Kier molecular flexibility index (Phi) is 4.30. The zero-order valence-electron chi connectivity index (χ0n) is 16.4. The summed E-state index contributed by atoms with van der Waals surface area (Å²) in [7, 11) is 0. The summed E-state index contributed by atoms with van der Waals surface area (Å²) in [5, 5.41) is 4.60. The molecule has 0 radical (unpaired) electrons. The number of oxazole rings is 1. The van der Waals surface area contributed by atoms with Crippen molar-refractivity contribution in [1.82, 2.24) is 19.7 Å². The summed E-state index contributed by atoms with van der Waals surface area (Å²) in [5.74, 6) is 2.25. The van der Waals surface area contributed by atoms with Gasteiger partial charge in [-0.05, 0) is 41.2 Å². The van der Waals surface area contributed by atoms with Gasteiger partial charge in [0, 0.05) is 12.5 Å². The average Bonchev–Trinajstić information content (AvgIpc) is 3.25. The molecule has 0 aliphatic rings. The van der Waals surface area contributed by atoms with Crippen molar-refractivity contribution in [3.63, 3.8) is 0 Å². The van der Waals surface area contributed by atoms with Gasteiger partial charge in [-0.2, -0.15) is 5.10 Å². The second-order valence-electron chi connectivity index (χ2n) is 7.51. The minimum atomic E-state index is 0.386. The Balaban J connectivity index is 1.94. The van der Waals surface area contributed by atoms with Crippen molar-refractivity contribution in [3.8, 4) is 17.1 Å². The Bertz CT molecular complexity index is 1080. The van der Waals surface area contributed by atoms with Crippen LogP contribution in [0, 0.1) is 6.92 Å². The Morgan fingerprint density at radius 1 is 0.963 bits per heavy atom. The summed E-state index contributed by atoms with van der Waals surface area (Å²) in [5.41, 5.74) is 6.26. The maximum Gasteiger partial charge on any atom is 0.192 e. The quantitative estimate of drug-likeness (QED) is 0.473. The number of rotatable bonds is 4. The molecule has 2 heterocycles. The molecule has 0 atom stereocenters. The molecule has 0 spiro atoms. The van der Waals surface area contributed by atoms with E-state index in [4.69, 9.17) is 4.42 Å². The molecule has 5 nitrogen and oxygen atoms in total. The molecule has 4 aromatic rings. The third-order valence-electron chi connectivity index (χ3n) is 4.85. The number of hydrogen-bond donors (Lipinski definition) is 0. The summed E-state index contributed by atoms with van der Waals surface area (Å²) in [6.45, 7) is 10.7. The fourth-order valence-electron chi connectivity index (χ4n) is 3.54. The van der Waals surface area contributed by atoms with E-state index >= 15 is 0 Å². The molecule has 0 saturated heterocycles. The molecule has 0 amide bonds. The average molecular weight is 360 g/mol. The number of hydrogen-bond acceptors (Lipinski definition) is 4. The molecular formula is C22H24N4O. The van der Waals surface area contributed by atoms with E-state index in [1.54, 1.807) is 6.33 Å². The van der Waals surface area contributed by atoms with Crippen LogP contribution in [-0.4, -0.2) is 19.7 Å². The number of benzene rings is 2. The van der Waals surface area contributed by atoms with Crippen molar-refractivity contribution >= 4 is 11.1 Å². The Morgan fingerprint density at radius 2 is 1.67 bits per heavy atom. The van der Waals surface area contributed by atoms with Gasteiger partial charge in [-0.25, -0.2) is 14.6 Å². The standard InChI is InChI=1S/C22H24N4O/c1-13(2)17-7-6-8-18(14(3)4)21(17)26-22(23-12-24-26)16-9-10-20-19(11-16)25-15(5)27-20/h6-14H,1-5H3. The van der Waals surface area contributed by atoms with Crippen molar-refractivity contribution in [2.45, 2.75) is 46.5 Å². The lowest BCUT2D eigenvalue weighted by Crippen LogP contribution is -2.09. The second-order valence-corrected chi connectivity index (χ2v) is 7.51. The molecule has 0 N–H and O–H groups in total. The van der Waals surface area contributed by atoms with Crippen LogP contribution in [0.2, 0.25) is 0 Å². The summed E-state index contributed by atoms with van der Waals surface area (Å²) < 4.78 is 7.57. The van der Waals surface area contributed by atoms with Gasteiger partial charge in [0.2, 0.25) is 0 Å². The molecule has 2 aromatic heterocycles. The van der Waals surface area contributed by atoms with Crippen molar-refractivity contribution < 1.29 is 4.42 Å². The first-order valence-electron chi connectivity index (χ1n) is 9.36. The lowest BCUT2D eigenvalue weighted by molar-refractivity contribution is 0.561. The minimum absolute atomic E-state index is 0.386. The van der Waals surface area contributed by atoms with Gasteiger partial charge in [0.1, 0.15) is 11.8 Å². The first kappa shape index (κ1) is 17.5. The molecule has 0 unspecified atom stereocenters. The highest BCUT2D eigenvalue weighted by atomic mass is 16.3. The first-order valence-corrected chi connectivity index (χ1v) is 9.36. The summed E-state index contributed by atoms with van der Waals surface area (Å²) in [6, 6.07) is 12.5. The van der Waals surface area contributed by atoms with Gasteiger partial charge >= 0.3 is 0 Å². The van der Waals surface area contributed by atoms with Gasteiger partial charge in [0.15, 0.2) is 17.3 Å². The Morgan fingerprint density at radius 3 is 2.33 bits per heavy atom. The van der Waals surface area contributed by atoms with Gasteiger partial charge in [-0.1, -0.05) is 45.9 Å². The van der Waals surface area contributed by atoms with E-state index in [1.165, 1.54) is 11.1 Å². The normalized spacial score (nSPS) is 11.8. The fourth-order valence-corrected chi connectivity index (χ4v) is 3.54. The molecular weight excluding hydrogens is 336 g/mol. The van der Waals surface area contributed by atoms with Crippen LogP contribution >= 0.6 is 0 Å². The SMILES string of the molecule is Cc1nc2cc(-c3ncnn3-c3c(C(C)C)cccc3C(C)C)ccc2o1. The lowest BCUT2D eigenvalue weighted by Gasteiger charge is -2.20. The van der Waals surface area contributed by atoms with E-state index in [0.717, 1.165) is 28.2 Å². The third kappa shape index (κ3) is 3.03. The van der Waals surface area contributed by atoms with Gasteiger partial charge < -0.3 is 4.42 Å². The lowest BCUT2D eigenvalue weighted by atomic mass is 9.92. The molecule has 27 heavy (non-hydrogen) atoms. The van der Waals surface area contributed by atoms with E-state index < -0.39 is 0 Å². The zero-order chi connectivity index (χ0) is 19.1. The summed E-state index contributed by atoms with van der Waals surface area (Å²) in [6.07, 6.45) is 1.62. The van der Waals surface area contributed by atoms with Crippen LogP contribution in [0.4, 0.5) is 0 Å². The van der Waals surface area contributed by atoms with Gasteiger partial charge in [0.25, 0.3) is 0 Å². The maximum atomic E-state index is 5.60. The first-order chi connectivity index (χ1) is 13.0. The van der Waals surface area contributed by atoms with Crippen LogP contribution in [0.1, 0.15) is 56.5 Å². The number of para-hydroxylation sites is 1. The van der Waals surface area contributed by atoms with Crippen LogP contribution in [0.15, 0.2) is 47.1 Å². The molecule has 4 rings (SSSR count). The zero-order valence-corrected chi connectivity index (χ0v) is 16.4. The third-order valence-corrected chi connectivity index (χ3v) is 4.85. The Hall–Kier alpha value is -2.95.